The molecule has 0 aromatic heterocycles. The van der Waals surface area contributed by atoms with Gasteiger partial charge in [-0.05, 0) is 102 Å². The first-order chi connectivity index (χ1) is 26.8. The van der Waals surface area contributed by atoms with Crippen LogP contribution in [0, 0.1) is 0 Å². The van der Waals surface area contributed by atoms with E-state index in [4.69, 9.17) is 0 Å². The van der Waals surface area contributed by atoms with Gasteiger partial charge >= 0.3 is 0 Å². The van der Waals surface area contributed by atoms with Crippen LogP contribution < -0.4 is 4.90 Å². The fourth-order valence-electron chi connectivity index (χ4n) is 9.53. The number of hydrogen-bond donors (Lipinski definition) is 0. The van der Waals surface area contributed by atoms with E-state index in [0.29, 0.717) is 0 Å². The van der Waals surface area contributed by atoms with E-state index in [9.17, 15) is 0 Å². The summed E-state index contributed by atoms with van der Waals surface area (Å²) in [6.07, 6.45) is 0. The van der Waals surface area contributed by atoms with Gasteiger partial charge in [0.15, 0.2) is 0 Å². The molecule has 1 heteroatoms. The molecule has 2 aliphatic rings. The van der Waals surface area contributed by atoms with E-state index in [-0.39, 0.29) is 0 Å². The van der Waals surface area contributed by atoms with Gasteiger partial charge in [0.2, 0.25) is 0 Å². The van der Waals surface area contributed by atoms with E-state index in [0.717, 1.165) is 17.1 Å². The first kappa shape index (κ1) is 30.6. The molecule has 0 radical (unpaired) electrons. The van der Waals surface area contributed by atoms with Gasteiger partial charge < -0.3 is 4.90 Å². The highest BCUT2D eigenvalue weighted by molar-refractivity contribution is 6.09. The highest BCUT2D eigenvalue weighted by atomic mass is 15.1. The summed E-state index contributed by atoms with van der Waals surface area (Å²) in [4.78, 5) is 2.45. The average molecular weight is 686 g/mol. The van der Waals surface area contributed by atoms with Crippen LogP contribution in [0.4, 0.5) is 17.1 Å². The molecule has 0 amide bonds. The lowest BCUT2D eigenvalue weighted by Gasteiger charge is -2.34. The van der Waals surface area contributed by atoms with Crippen LogP contribution in [0.25, 0.3) is 55.3 Å². The molecular formula is C53H35N. The summed E-state index contributed by atoms with van der Waals surface area (Å²) in [6.45, 7) is 0. The molecule has 11 rings (SSSR count). The Bertz CT molecular complexity index is 2810. The summed E-state index contributed by atoms with van der Waals surface area (Å²) in [6, 6.07) is 78.3. The number of rotatable bonds is 5. The second kappa shape index (κ2) is 12.0. The minimum absolute atomic E-state index is 0.473. The molecule has 252 valence electrons. The molecule has 2 aliphatic carbocycles. The van der Waals surface area contributed by atoms with Crippen LogP contribution in [0.3, 0.4) is 0 Å². The van der Waals surface area contributed by atoms with Crippen LogP contribution in [-0.4, -0.2) is 0 Å². The standard InChI is InChI=1S/C53H35N/c1-3-16-36(17-4-1)37-30-33-40(34-31-37)54(39-19-5-2-6-20-39)50-35-32-38-18-7-8-21-41(38)51(50)46-26-15-25-45-44-24-11-14-29-49(44)53(52(45)46)47-27-12-9-22-42(47)43-23-10-13-28-48(43)53/h1-35H. The molecule has 54 heavy (non-hydrogen) atoms. The van der Waals surface area contributed by atoms with Crippen LogP contribution in [0.5, 0.6) is 0 Å². The van der Waals surface area contributed by atoms with Crippen molar-refractivity contribution in [3.8, 4) is 44.5 Å². The molecular weight excluding hydrogens is 651 g/mol. The maximum absolute atomic E-state index is 2.45. The summed E-state index contributed by atoms with van der Waals surface area (Å²) in [5.41, 5.74) is 18.4. The van der Waals surface area contributed by atoms with Crippen LogP contribution >= 0.6 is 0 Å². The summed E-state index contributed by atoms with van der Waals surface area (Å²) < 4.78 is 0. The average Bonchev–Trinajstić information content (AvgIpc) is 3.72. The van der Waals surface area contributed by atoms with Gasteiger partial charge in [-0.25, -0.2) is 0 Å². The summed E-state index contributed by atoms with van der Waals surface area (Å²) in [7, 11) is 0. The van der Waals surface area contributed by atoms with E-state index in [1.807, 2.05) is 0 Å². The van der Waals surface area contributed by atoms with Crippen molar-refractivity contribution in [2.24, 2.45) is 0 Å². The smallest absolute Gasteiger partial charge is 0.0731 e. The van der Waals surface area contributed by atoms with Crippen LogP contribution in [0.1, 0.15) is 22.3 Å². The first-order valence-corrected chi connectivity index (χ1v) is 18.8. The summed E-state index contributed by atoms with van der Waals surface area (Å²) >= 11 is 0. The molecule has 0 heterocycles. The maximum Gasteiger partial charge on any atom is 0.0731 e. The van der Waals surface area contributed by atoms with E-state index >= 15 is 0 Å². The van der Waals surface area contributed by atoms with Gasteiger partial charge in [0.1, 0.15) is 0 Å². The fourth-order valence-corrected chi connectivity index (χ4v) is 9.53. The Labute approximate surface area is 316 Å². The van der Waals surface area contributed by atoms with Gasteiger partial charge in [-0.3, -0.25) is 0 Å². The number of fused-ring (bicyclic) bond motifs is 11. The Hall–Kier alpha value is -6.96. The van der Waals surface area contributed by atoms with Gasteiger partial charge in [0, 0.05) is 16.9 Å². The second-order valence-electron chi connectivity index (χ2n) is 14.4. The van der Waals surface area contributed by atoms with Crippen LogP contribution in [-0.2, 0) is 5.41 Å². The highest BCUT2D eigenvalue weighted by Crippen LogP contribution is 2.65. The van der Waals surface area contributed by atoms with Crippen LogP contribution in [0.15, 0.2) is 212 Å². The monoisotopic (exact) mass is 685 g/mol. The lowest BCUT2D eigenvalue weighted by molar-refractivity contribution is 0.796. The molecule has 0 unspecified atom stereocenters. The zero-order valence-electron chi connectivity index (χ0n) is 29.7. The van der Waals surface area contributed by atoms with E-state index in [1.165, 1.54) is 77.5 Å². The van der Waals surface area contributed by atoms with E-state index in [1.54, 1.807) is 0 Å². The van der Waals surface area contributed by atoms with Crippen LogP contribution in [0.2, 0.25) is 0 Å². The molecule has 0 aliphatic heterocycles. The molecule has 9 aromatic rings. The Kier molecular flexibility index (Phi) is 6.84. The molecule has 0 saturated heterocycles. The fraction of sp³-hybridized carbons (Fsp3) is 0.0189. The predicted octanol–water partition coefficient (Wildman–Crippen LogP) is 14.0. The Balaban J connectivity index is 1.24. The summed E-state index contributed by atoms with van der Waals surface area (Å²) in [5, 5.41) is 2.45. The van der Waals surface area contributed by atoms with Crippen molar-refractivity contribution in [1.29, 1.82) is 0 Å². The third-order valence-corrected chi connectivity index (χ3v) is 11.7. The minimum Gasteiger partial charge on any atom is -0.310 e. The van der Waals surface area contributed by atoms with Crippen molar-refractivity contribution >= 4 is 27.8 Å². The Morgan fingerprint density at radius 2 is 0.796 bits per heavy atom. The molecule has 0 atom stereocenters. The van der Waals surface area contributed by atoms with Crippen molar-refractivity contribution in [2.75, 3.05) is 4.90 Å². The molecule has 0 saturated carbocycles. The second-order valence-corrected chi connectivity index (χ2v) is 14.4. The number of para-hydroxylation sites is 1. The molecule has 0 N–H and O–H groups in total. The minimum atomic E-state index is -0.473. The van der Waals surface area contributed by atoms with Gasteiger partial charge in [-0.15, -0.1) is 0 Å². The van der Waals surface area contributed by atoms with Gasteiger partial charge in [0.05, 0.1) is 11.1 Å². The number of benzene rings is 9. The molecule has 1 spiro atoms. The normalized spacial score (nSPS) is 13.0. The Morgan fingerprint density at radius 3 is 1.46 bits per heavy atom. The first-order valence-electron chi connectivity index (χ1n) is 18.8. The van der Waals surface area contributed by atoms with Crippen molar-refractivity contribution in [3.05, 3.63) is 235 Å². The van der Waals surface area contributed by atoms with Crippen molar-refractivity contribution < 1.29 is 0 Å². The molecule has 0 fully saturated rings. The third kappa shape index (κ3) is 4.33. The zero-order chi connectivity index (χ0) is 35.6. The zero-order valence-corrected chi connectivity index (χ0v) is 29.7. The predicted molar refractivity (Wildman–Crippen MR) is 226 cm³/mol. The van der Waals surface area contributed by atoms with Crippen molar-refractivity contribution in [1.82, 2.24) is 0 Å². The van der Waals surface area contributed by atoms with E-state index in [2.05, 4.69) is 217 Å². The topological polar surface area (TPSA) is 3.24 Å². The van der Waals surface area contributed by atoms with Gasteiger partial charge in [-0.1, -0.05) is 182 Å². The lowest BCUT2D eigenvalue weighted by Crippen LogP contribution is -2.26. The highest BCUT2D eigenvalue weighted by Gasteiger charge is 2.52. The number of anilines is 3. The Morgan fingerprint density at radius 1 is 0.315 bits per heavy atom. The van der Waals surface area contributed by atoms with Crippen molar-refractivity contribution in [2.45, 2.75) is 5.41 Å². The SMILES string of the molecule is c1ccc(-c2ccc(N(c3ccccc3)c3ccc4ccccc4c3-c3cccc4c3C3(c5ccccc5-c5ccccc53)c3ccccc3-4)cc2)cc1. The maximum atomic E-state index is 2.45. The number of hydrogen-bond acceptors (Lipinski definition) is 1. The van der Waals surface area contributed by atoms with Gasteiger partial charge in [-0.2, -0.15) is 0 Å². The molecule has 0 bridgehead atoms. The number of nitrogens with zero attached hydrogens (tertiary/aromatic N) is 1. The van der Waals surface area contributed by atoms with Gasteiger partial charge in [0.25, 0.3) is 0 Å². The largest absolute Gasteiger partial charge is 0.310 e. The van der Waals surface area contributed by atoms with E-state index < -0.39 is 5.41 Å². The molecule has 9 aromatic carbocycles. The van der Waals surface area contributed by atoms with Crippen molar-refractivity contribution in [3.63, 3.8) is 0 Å². The quantitative estimate of drug-likeness (QED) is 0.174. The molecule has 1 nitrogen and oxygen atoms in total. The third-order valence-electron chi connectivity index (χ3n) is 11.7. The lowest BCUT2D eigenvalue weighted by atomic mass is 9.68. The summed E-state index contributed by atoms with van der Waals surface area (Å²) in [5.74, 6) is 0.